The summed E-state index contributed by atoms with van der Waals surface area (Å²) in [6, 6.07) is 3.58. The standard InChI is InChI=1S/C16H23ClN2O3.ClH/c1-3-22-15-12(17)8-11(9-14(15)21-2)10-19-13-6-4-5-7-18-16(13)20;/h8-9,13,19H,3-7,10H2,1-2H3,(H,18,20);1H. The van der Waals surface area contributed by atoms with Crippen molar-refractivity contribution in [2.75, 3.05) is 20.3 Å². The van der Waals surface area contributed by atoms with E-state index in [9.17, 15) is 4.79 Å². The Balaban J connectivity index is 0.00000264. The third kappa shape index (κ3) is 5.44. The van der Waals surface area contributed by atoms with Crippen LogP contribution < -0.4 is 20.1 Å². The highest BCUT2D eigenvalue weighted by Crippen LogP contribution is 2.36. The lowest BCUT2D eigenvalue weighted by molar-refractivity contribution is -0.122. The van der Waals surface area contributed by atoms with Gasteiger partial charge in [-0.25, -0.2) is 0 Å². The lowest BCUT2D eigenvalue weighted by atomic mass is 10.1. The van der Waals surface area contributed by atoms with Gasteiger partial charge in [0.25, 0.3) is 0 Å². The summed E-state index contributed by atoms with van der Waals surface area (Å²) in [6.45, 7) is 3.74. The summed E-state index contributed by atoms with van der Waals surface area (Å²) >= 11 is 6.26. The zero-order valence-electron chi connectivity index (χ0n) is 13.5. The molecule has 1 aromatic rings. The molecule has 1 aliphatic heterocycles. The van der Waals surface area contributed by atoms with Crippen molar-refractivity contribution in [2.45, 2.75) is 38.8 Å². The number of hydrogen-bond acceptors (Lipinski definition) is 4. The molecule has 0 bridgehead atoms. The molecule has 130 valence electrons. The quantitative estimate of drug-likeness (QED) is 0.816. The van der Waals surface area contributed by atoms with Crippen LogP contribution in [-0.4, -0.2) is 32.2 Å². The second kappa shape index (κ2) is 9.85. The minimum absolute atomic E-state index is 0. The second-order valence-electron chi connectivity index (χ2n) is 5.26. The molecule has 1 unspecified atom stereocenters. The molecule has 0 spiro atoms. The van der Waals surface area contributed by atoms with Crippen molar-refractivity contribution in [3.8, 4) is 11.5 Å². The number of halogens is 2. The minimum atomic E-state index is -0.154. The third-order valence-corrected chi connectivity index (χ3v) is 3.95. The Kier molecular flexibility index (Phi) is 8.52. The average molecular weight is 363 g/mol. The Morgan fingerprint density at radius 2 is 2.17 bits per heavy atom. The Morgan fingerprint density at radius 1 is 1.39 bits per heavy atom. The molecular formula is C16H24Cl2N2O3. The van der Waals surface area contributed by atoms with Gasteiger partial charge in [-0.1, -0.05) is 11.6 Å². The van der Waals surface area contributed by atoms with Gasteiger partial charge in [0.15, 0.2) is 11.5 Å². The fraction of sp³-hybridized carbons (Fsp3) is 0.562. The molecule has 0 saturated carbocycles. The summed E-state index contributed by atoms with van der Waals surface area (Å²) in [5, 5.41) is 6.73. The molecule has 1 aromatic carbocycles. The molecule has 2 N–H and O–H groups in total. The van der Waals surface area contributed by atoms with Gasteiger partial charge in [-0.05, 0) is 43.9 Å². The van der Waals surface area contributed by atoms with Gasteiger partial charge in [-0.2, -0.15) is 0 Å². The number of carbonyl (C=O) groups is 1. The topological polar surface area (TPSA) is 59.6 Å². The van der Waals surface area contributed by atoms with Crippen LogP contribution in [0.2, 0.25) is 5.02 Å². The van der Waals surface area contributed by atoms with E-state index >= 15 is 0 Å². The first kappa shape index (κ1) is 19.9. The van der Waals surface area contributed by atoms with E-state index < -0.39 is 0 Å². The Morgan fingerprint density at radius 3 is 2.87 bits per heavy atom. The van der Waals surface area contributed by atoms with Gasteiger partial charge < -0.3 is 20.1 Å². The van der Waals surface area contributed by atoms with Crippen molar-refractivity contribution >= 4 is 29.9 Å². The van der Waals surface area contributed by atoms with Crippen molar-refractivity contribution in [2.24, 2.45) is 0 Å². The van der Waals surface area contributed by atoms with Crippen molar-refractivity contribution < 1.29 is 14.3 Å². The number of hydrogen-bond donors (Lipinski definition) is 2. The van der Waals surface area contributed by atoms with Crippen LogP contribution in [-0.2, 0) is 11.3 Å². The Bertz CT molecular complexity index is 526. The third-order valence-electron chi connectivity index (χ3n) is 3.67. The maximum Gasteiger partial charge on any atom is 0.237 e. The lowest BCUT2D eigenvalue weighted by Gasteiger charge is -2.17. The summed E-state index contributed by atoms with van der Waals surface area (Å²) < 4.78 is 10.8. The number of nitrogens with one attached hydrogen (secondary N) is 2. The Labute approximate surface area is 148 Å². The molecule has 1 amide bonds. The molecule has 0 aromatic heterocycles. The van der Waals surface area contributed by atoms with Gasteiger partial charge in [-0.15, -0.1) is 12.4 Å². The molecule has 1 heterocycles. The second-order valence-corrected chi connectivity index (χ2v) is 5.67. The van der Waals surface area contributed by atoms with Crippen molar-refractivity contribution in [3.05, 3.63) is 22.7 Å². The number of benzene rings is 1. The van der Waals surface area contributed by atoms with Crippen LogP contribution in [0.1, 0.15) is 31.7 Å². The Hall–Kier alpha value is -1.17. The fourth-order valence-electron chi connectivity index (χ4n) is 2.53. The summed E-state index contributed by atoms with van der Waals surface area (Å²) in [5.41, 5.74) is 0.961. The SMILES string of the molecule is CCOc1c(Cl)cc(CNC2CCCCNC2=O)cc1OC.Cl. The molecule has 7 heteroatoms. The smallest absolute Gasteiger partial charge is 0.237 e. The van der Waals surface area contributed by atoms with E-state index in [0.29, 0.717) is 29.7 Å². The normalized spacial score (nSPS) is 17.7. The van der Waals surface area contributed by atoms with Gasteiger partial charge >= 0.3 is 0 Å². The lowest BCUT2D eigenvalue weighted by Crippen LogP contribution is -2.42. The summed E-state index contributed by atoms with van der Waals surface area (Å²) in [5.74, 6) is 1.24. The summed E-state index contributed by atoms with van der Waals surface area (Å²) in [6.07, 6.45) is 2.93. The highest BCUT2D eigenvalue weighted by atomic mass is 35.5. The zero-order valence-corrected chi connectivity index (χ0v) is 15.1. The van der Waals surface area contributed by atoms with E-state index in [4.69, 9.17) is 21.1 Å². The van der Waals surface area contributed by atoms with Crippen molar-refractivity contribution in [1.82, 2.24) is 10.6 Å². The first-order chi connectivity index (χ1) is 10.7. The number of carbonyl (C=O) groups excluding carboxylic acids is 1. The zero-order chi connectivity index (χ0) is 15.9. The van der Waals surface area contributed by atoms with Crippen LogP contribution >= 0.6 is 24.0 Å². The minimum Gasteiger partial charge on any atom is -0.493 e. The largest absolute Gasteiger partial charge is 0.493 e. The molecule has 0 radical (unpaired) electrons. The maximum atomic E-state index is 11.9. The predicted octanol–water partition coefficient (Wildman–Crippen LogP) is 2.93. The predicted molar refractivity (Wildman–Crippen MR) is 93.9 cm³/mol. The highest BCUT2D eigenvalue weighted by molar-refractivity contribution is 6.32. The van der Waals surface area contributed by atoms with E-state index in [-0.39, 0.29) is 24.4 Å². The molecule has 0 aliphatic carbocycles. The molecule has 1 saturated heterocycles. The first-order valence-electron chi connectivity index (χ1n) is 7.66. The molecule has 1 aliphatic rings. The van der Waals surface area contributed by atoms with E-state index in [2.05, 4.69) is 10.6 Å². The summed E-state index contributed by atoms with van der Waals surface area (Å²) in [7, 11) is 1.59. The van der Waals surface area contributed by atoms with Gasteiger partial charge in [0, 0.05) is 13.1 Å². The molecule has 2 rings (SSSR count). The van der Waals surface area contributed by atoms with Crippen molar-refractivity contribution in [3.63, 3.8) is 0 Å². The molecule has 1 fully saturated rings. The van der Waals surface area contributed by atoms with E-state index in [0.717, 1.165) is 31.4 Å². The van der Waals surface area contributed by atoms with Crippen LogP contribution in [0.3, 0.4) is 0 Å². The number of amides is 1. The van der Waals surface area contributed by atoms with Gasteiger partial charge in [0.1, 0.15) is 0 Å². The molecule has 5 nitrogen and oxygen atoms in total. The van der Waals surface area contributed by atoms with E-state index in [1.54, 1.807) is 7.11 Å². The number of methoxy groups -OCH3 is 1. The van der Waals surface area contributed by atoms with Crippen LogP contribution in [0.5, 0.6) is 11.5 Å². The van der Waals surface area contributed by atoms with Crippen LogP contribution in [0.4, 0.5) is 0 Å². The molecule has 1 atom stereocenters. The number of ether oxygens (including phenoxy) is 2. The van der Waals surface area contributed by atoms with Crippen LogP contribution in [0, 0.1) is 0 Å². The van der Waals surface area contributed by atoms with E-state index in [1.807, 2.05) is 19.1 Å². The molecule has 23 heavy (non-hydrogen) atoms. The summed E-state index contributed by atoms with van der Waals surface area (Å²) in [4.78, 5) is 11.9. The van der Waals surface area contributed by atoms with Gasteiger partial charge in [-0.3, -0.25) is 4.79 Å². The fourth-order valence-corrected chi connectivity index (χ4v) is 2.82. The van der Waals surface area contributed by atoms with Crippen LogP contribution in [0.15, 0.2) is 12.1 Å². The van der Waals surface area contributed by atoms with E-state index in [1.165, 1.54) is 0 Å². The van der Waals surface area contributed by atoms with Crippen LogP contribution in [0.25, 0.3) is 0 Å². The average Bonchev–Trinajstić information content (AvgIpc) is 2.72. The first-order valence-corrected chi connectivity index (χ1v) is 8.03. The van der Waals surface area contributed by atoms with Gasteiger partial charge in [0.05, 0.1) is 24.8 Å². The monoisotopic (exact) mass is 362 g/mol. The van der Waals surface area contributed by atoms with Gasteiger partial charge in [0.2, 0.25) is 5.91 Å². The highest BCUT2D eigenvalue weighted by Gasteiger charge is 2.20. The maximum absolute atomic E-state index is 11.9. The van der Waals surface area contributed by atoms with Crippen molar-refractivity contribution in [1.29, 1.82) is 0 Å². The molecular weight excluding hydrogens is 339 g/mol. The number of rotatable bonds is 6.